The second-order valence-electron chi connectivity index (χ2n) is 12.0. The van der Waals surface area contributed by atoms with Gasteiger partial charge in [0.05, 0.1) is 31.6 Å². The molecule has 6 aromatic carbocycles. The Balaban J connectivity index is 0.000000167. The van der Waals surface area contributed by atoms with Gasteiger partial charge in [0, 0.05) is 11.1 Å². The van der Waals surface area contributed by atoms with Gasteiger partial charge in [0.1, 0.15) is 34.7 Å². The number of alkyl halides is 6. The maximum atomic E-state index is 12.9. The van der Waals surface area contributed by atoms with Crippen LogP contribution in [0.2, 0.25) is 0 Å². The topological polar surface area (TPSA) is 44.2 Å². The number of fused-ring (bicyclic) bond motifs is 2. The Morgan fingerprint density at radius 2 is 0.852 bits per heavy atom. The van der Waals surface area contributed by atoms with Crippen LogP contribution < -0.4 is 9.47 Å². The van der Waals surface area contributed by atoms with Gasteiger partial charge in [-0.15, -0.1) is 22.7 Å². The van der Waals surface area contributed by atoms with Crippen LogP contribution in [0.4, 0.5) is 26.3 Å². The molecule has 0 aliphatic rings. The molecular formula is C42H28F6N2O2S2. The van der Waals surface area contributed by atoms with E-state index >= 15 is 0 Å². The van der Waals surface area contributed by atoms with Crippen molar-refractivity contribution in [2.24, 2.45) is 0 Å². The van der Waals surface area contributed by atoms with Crippen molar-refractivity contribution < 1.29 is 35.8 Å². The van der Waals surface area contributed by atoms with Gasteiger partial charge in [-0.25, -0.2) is 9.97 Å². The number of benzene rings is 6. The van der Waals surface area contributed by atoms with Crippen molar-refractivity contribution in [3.8, 4) is 32.6 Å². The fraction of sp³-hybridized carbons (Fsp3) is 0.0952. The van der Waals surface area contributed by atoms with Crippen LogP contribution in [0.5, 0.6) is 11.5 Å². The minimum atomic E-state index is -4.37. The van der Waals surface area contributed by atoms with Crippen LogP contribution in [-0.2, 0) is 25.6 Å². The maximum absolute atomic E-state index is 12.9. The lowest BCUT2D eigenvalue weighted by Crippen LogP contribution is -2.03. The summed E-state index contributed by atoms with van der Waals surface area (Å²) in [4.78, 5) is 8.76. The lowest BCUT2D eigenvalue weighted by atomic mass is 10.2. The zero-order valence-electron chi connectivity index (χ0n) is 28.1. The third-order valence-corrected chi connectivity index (χ3v) is 10.3. The molecule has 12 heteroatoms. The monoisotopic (exact) mass is 770 g/mol. The zero-order chi connectivity index (χ0) is 37.7. The number of thiazole rings is 2. The molecule has 2 aromatic heterocycles. The van der Waals surface area contributed by atoms with Gasteiger partial charge in [0.15, 0.2) is 0 Å². The number of hydrogen-bond acceptors (Lipinski definition) is 6. The molecule has 0 bridgehead atoms. The van der Waals surface area contributed by atoms with Crippen LogP contribution in [0.1, 0.15) is 22.3 Å². The summed E-state index contributed by atoms with van der Waals surface area (Å²) in [6.45, 7) is 0.887. The quantitative estimate of drug-likeness (QED) is 0.144. The number of nitrogens with zero attached hydrogens (tertiary/aromatic N) is 2. The highest BCUT2D eigenvalue weighted by molar-refractivity contribution is 7.22. The van der Waals surface area contributed by atoms with Crippen molar-refractivity contribution in [3.05, 3.63) is 168 Å². The van der Waals surface area contributed by atoms with Gasteiger partial charge in [0.25, 0.3) is 0 Å². The van der Waals surface area contributed by atoms with Gasteiger partial charge in [-0.05, 0) is 71.8 Å². The maximum Gasteiger partial charge on any atom is 0.416 e. The summed E-state index contributed by atoms with van der Waals surface area (Å²) in [5, 5.41) is 1.32. The molecular weight excluding hydrogens is 743 g/mol. The molecule has 2 heterocycles. The number of ether oxygens (including phenoxy) is 2. The summed E-state index contributed by atoms with van der Waals surface area (Å²) in [5.41, 5.74) is 3.07. The normalized spacial score (nSPS) is 11.7. The molecule has 0 fully saturated rings. The molecule has 272 valence electrons. The van der Waals surface area contributed by atoms with Crippen molar-refractivity contribution >= 4 is 43.1 Å². The van der Waals surface area contributed by atoms with E-state index in [2.05, 4.69) is 9.97 Å². The molecule has 0 saturated carbocycles. The van der Waals surface area contributed by atoms with Gasteiger partial charge in [-0.2, -0.15) is 26.3 Å². The number of rotatable bonds is 8. The molecule has 4 nitrogen and oxygen atoms in total. The Morgan fingerprint density at radius 3 is 1.24 bits per heavy atom. The fourth-order valence-corrected chi connectivity index (χ4v) is 7.26. The molecule has 54 heavy (non-hydrogen) atoms. The van der Waals surface area contributed by atoms with E-state index in [4.69, 9.17) is 9.47 Å². The highest BCUT2D eigenvalue weighted by Gasteiger charge is 2.31. The van der Waals surface area contributed by atoms with Crippen LogP contribution in [0, 0.1) is 0 Å². The van der Waals surface area contributed by atoms with E-state index in [9.17, 15) is 26.3 Å². The first-order chi connectivity index (χ1) is 26.0. The first-order valence-corrected chi connectivity index (χ1v) is 18.1. The lowest BCUT2D eigenvalue weighted by molar-refractivity contribution is -0.138. The molecule has 0 radical (unpaired) electrons. The van der Waals surface area contributed by atoms with Crippen LogP contribution in [0.15, 0.2) is 146 Å². The van der Waals surface area contributed by atoms with E-state index in [1.807, 2.05) is 109 Å². The highest BCUT2D eigenvalue weighted by atomic mass is 32.1. The summed E-state index contributed by atoms with van der Waals surface area (Å²) in [5.74, 6) is 1.37. The third kappa shape index (κ3) is 9.07. The number of hydrogen-bond donors (Lipinski definition) is 0. The van der Waals surface area contributed by atoms with E-state index in [0.717, 1.165) is 46.5 Å². The van der Waals surface area contributed by atoms with Crippen LogP contribution in [0.3, 0.4) is 0 Å². The van der Waals surface area contributed by atoms with E-state index < -0.39 is 23.5 Å². The van der Waals surface area contributed by atoms with Crippen LogP contribution in [-0.4, -0.2) is 9.97 Å². The zero-order valence-corrected chi connectivity index (χ0v) is 29.7. The molecule has 0 amide bonds. The van der Waals surface area contributed by atoms with Crippen molar-refractivity contribution in [2.75, 3.05) is 0 Å². The highest BCUT2D eigenvalue weighted by Crippen LogP contribution is 2.38. The second kappa shape index (κ2) is 15.7. The standard InChI is InChI=1S/2C21H14F3NOS/c2*22-21(23,24)16-9-10-19-18(12-16)25-20(27-19)15-7-4-8-17(11-15)26-13-14-5-2-1-3-6-14/h2*1-12H,13H2. The van der Waals surface area contributed by atoms with Gasteiger partial charge < -0.3 is 9.47 Å². The SMILES string of the molecule is FC(F)(F)c1ccc2sc(-c3cccc(OCc4ccccc4)c3)nc2c1.FC(F)(F)c1ccc2sc(-c3cccc(OCc4ccccc4)c3)nc2c1. The van der Waals surface area contributed by atoms with Crippen LogP contribution in [0.25, 0.3) is 41.6 Å². The van der Waals surface area contributed by atoms with Crippen molar-refractivity contribution in [3.63, 3.8) is 0 Å². The lowest BCUT2D eigenvalue weighted by Gasteiger charge is -2.07. The van der Waals surface area contributed by atoms with Gasteiger partial charge >= 0.3 is 12.4 Å². The molecule has 0 spiro atoms. The molecule has 0 aliphatic heterocycles. The van der Waals surface area contributed by atoms with Crippen molar-refractivity contribution in [2.45, 2.75) is 25.6 Å². The fourth-order valence-electron chi connectivity index (χ4n) is 5.37. The largest absolute Gasteiger partial charge is 0.489 e. The Hall–Kier alpha value is -5.72. The average molecular weight is 771 g/mol. The Morgan fingerprint density at radius 1 is 0.444 bits per heavy atom. The first kappa shape index (κ1) is 36.6. The molecule has 8 aromatic rings. The average Bonchev–Trinajstić information content (AvgIpc) is 3.81. The molecule has 0 atom stereocenters. The van der Waals surface area contributed by atoms with E-state index in [1.54, 1.807) is 0 Å². The van der Waals surface area contributed by atoms with Gasteiger partial charge in [-0.3, -0.25) is 0 Å². The van der Waals surface area contributed by atoms with Gasteiger partial charge in [0.2, 0.25) is 0 Å². The summed E-state index contributed by atoms with van der Waals surface area (Å²) in [6.07, 6.45) is -8.74. The molecule has 0 saturated heterocycles. The smallest absolute Gasteiger partial charge is 0.416 e. The number of halogens is 6. The summed E-state index contributed by atoms with van der Waals surface area (Å²) in [6, 6.07) is 41.8. The second-order valence-corrected chi connectivity index (χ2v) is 14.1. The minimum Gasteiger partial charge on any atom is -0.489 e. The van der Waals surface area contributed by atoms with Crippen LogP contribution >= 0.6 is 22.7 Å². The molecule has 0 aliphatic carbocycles. The van der Waals surface area contributed by atoms with Gasteiger partial charge in [-0.1, -0.05) is 84.9 Å². The van der Waals surface area contributed by atoms with E-state index in [1.165, 1.54) is 34.8 Å². The Labute approximate surface area is 313 Å². The minimum absolute atomic E-state index is 0.348. The predicted molar refractivity (Wildman–Crippen MR) is 202 cm³/mol. The van der Waals surface area contributed by atoms with Crippen molar-refractivity contribution in [1.82, 2.24) is 9.97 Å². The third-order valence-electron chi connectivity index (χ3n) is 8.09. The van der Waals surface area contributed by atoms with E-state index in [-0.39, 0.29) is 0 Å². The first-order valence-electron chi connectivity index (χ1n) is 16.5. The summed E-state index contributed by atoms with van der Waals surface area (Å²) < 4.78 is 90.4. The summed E-state index contributed by atoms with van der Waals surface area (Å²) >= 11 is 2.72. The summed E-state index contributed by atoms with van der Waals surface area (Å²) in [7, 11) is 0. The van der Waals surface area contributed by atoms with Crippen molar-refractivity contribution in [1.29, 1.82) is 0 Å². The number of aromatic nitrogens is 2. The predicted octanol–water partition coefficient (Wildman–Crippen LogP) is 13.1. The Bertz CT molecular complexity index is 2320. The Kier molecular flexibility index (Phi) is 10.7. The van der Waals surface area contributed by atoms with E-state index in [0.29, 0.717) is 55.2 Å². The molecule has 0 N–H and O–H groups in total. The molecule has 8 rings (SSSR count). The molecule has 0 unspecified atom stereocenters.